The summed E-state index contributed by atoms with van der Waals surface area (Å²) < 4.78 is 0. The Kier molecular flexibility index (Phi) is 4.63. The van der Waals surface area contributed by atoms with Crippen LogP contribution in [-0.4, -0.2) is 16.5 Å². The molecule has 0 saturated carbocycles. The highest BCUT2D eigenvalue weighted by Gasteiger charge is 2.14. The number of aromatic nitrogens is 2. The van der Waals surface area contributed by atoms with E-state index >= 15 is 0 Å². The summed E-state index contributed by atoms with van der Waals surface area (Å²) in [6.45, 7) is 7.19. The number of nitrogens with one attached hydrogen (secondary N) is 1. The molecule has 1 atom stereocenters. The van der Waals surface area contributed by atoms with Crippen molar-refractivity contribution in [1.29, 1.82) is 0 Å². The number of aryl methyl sites for hydroxylation is 2. The molecule has 0 aliphatic heterocycles. The third-order valence-corrected chi connectivity index (χ3v) is 3.11. The molecule has 100 valence electrons. The molecule has 0 fully saturated rings. The molecule has 1 N–H and O–H groups in total. The maximum Gasteiger partial charge on any atom is 0.0801 e. The van der Waals surface area contributed by atoms with E-state index in [1.165, 1.54) is 11.1 Å². The van der Waals surface area contributed by atoms with Crippen molar-refractivity contribution in [3.8, 4) is 0 Å². The van der Waals surface area contributed by atoms with Crippen LogP contribution in [0.4, 0.5) is 0 Å². The third-order valence-electron chi connectivity index (χ3n) is 3.11. The number of rotatable bonds is 5. The summed E-state index contributed by atoms with van der Waals surface area (Å²) in [7, 11) is 0. The summed E-state index contributed by atoms with van der Waals surface area (Å²) in [5.41, 5.74) is 4.43. The number of nitrogens with zero attached hydrogens (tertiary/aromatic N) is 2. The van der Waals surface area contributed by atoms with Gasteiger partial charge in [0.2, 0.25) is 0 Å². The van der Waals surface area contributed by atoms with Gasteiger partial charge < -0.3 is 5.32 Å². The molecule has 0 aliphatic rings. The Hall–Kier alpha value is -1.74. The van der Waals surface area contributed by atoms with Crippen molar-refractivity contribution >= 4 is 0 Å². The molecule has 1 unspecified atom stereocenters. The second-order valence-electron chi connectivity index (χ2n) is 4.88. The van der Waals surface area contributed by atoms with Gasteiger partial charge in [0.25, 0.3) is 0 Å². The van der Waals surface area contributed by atoms with Crippen LogP contribution in [0.1, 0.15) is 41.9 Å². The quantitative estimate of drug-likeness (QED) is 0.891. The highest BCUT2D eigenvalue weighted by molar-refractivity contribution is 5.29. The first-order valence-corrected chi connectivity index (χ1v) is 6.79. The first-order chi connectivity index (χ1) is 9.20. The Bertz CT molecular complexity index is 457. The normalized spacial score (nSPS) is 12.4. The molecule has 0 aliphatic carbocycles. The van der Waals surface area contributed by atoms with E-state index in [-0.39, 0.29) is 6.04 Å². The van der Waals surface area contributed by atoms with E-state index in [4.69, 9.17) is 0 Å². The van der Waals surface area contributed by atoms with Crippen LogP contribution in [-0.2, 0) is 0 Å². The Morgan fingerprint density at radius 1 is 1.05 bits per heavy atom. The van der Waals surface area contributed by atoms with Gasteiger partial charge in [0.05, 0.1) is 23.6 Å². The average molecular weight is 255 g/mol. The van der Waals surface area contributed by atoms with Gasteiger partial charge in [-0.05, 0) is 32.4 Å². The van der Waals surface area contributed by atoms with Crippen molar-refractivity contribution in [1.82, 2.24) is 15.3 Å². The zero-order valence-electron chi connectivity index (χ0n) is 11.9. The minimum absolute atomic E-state index is 0.119. The zero-order valence-corrected chi connectivity index (χ0v) is 11.9. The molecule has 0 saturated heterocycles. The molecular weight excluding hydrogens is 234 g/mol. The lowest BCUT2D eigenvalue weighted by atomic mass is 10.0. The van der Waals surface area contributed by atoms with E-state index in [1.54, 1.807) is 0 Å². The molecule has 0 spiro atoms. The van der Waals surface area contributed by atoms with Gasteiger partial charge in [-0.15, -0.1) is 0 Å². The van der Waals surface area contributed by atoms with Crippen LogP contribution < -0.4 is 5.32 Å². The third kappa shape index (κ3) is 3.61. The van der Waals surface area contributed by atoms with Gasteiger partial charge in [-0.2, -0.15) is 0 Å². The van der Waals surface area contributed by atoms with E-state index in [0.29, 0.717) is 0 Å². The molecule has 2 rings (SSSR count). The Morgan fingerprint density at radius 2 is 1.79 bits per heavy atom. The molecule has 3 heteroatoms. The van der Waals surface area contributed by atoms with E-state index in [9.17, 15) is 0 Å². The minimum atomic E-state index is 0.119. The highest BCUT2D eigenvalue weighted by atomic mass is 14.9. The van der Waals surface area contributed by atoms with E-state index in [1.807, 2.05) is 19.3 Å². The van der Waals surface area contributed by atoms with Crippen molar-refractivity contribution in [3.63, 3.8) is 0 Å². The fourth-order valence-electron chi connectivity index (χ4n) is 1.99. The summed E-state index contributed by atoms with van der Waals surface area (Å²) in [4.78, 5) is 8.85. The van der Waals surface area contributed by atoms with Crippen molar-refractivity contribution < 1.29 is 0 Å². The molecular formula is C16H21N3. The number of benzene rings is 1. The maximum atomic E-state index is 4.51. The highest BCUT2D eigenvalue weighted by Crippen LogP contribution is 2.20. The van der Waals surface area contributed by atoms with Crippen molar-refractivity contribution in [3.05, 3.63) is 59.2 Å². The molecule has 1 heterocycles. The van der Waals surface area contributed by atoms with Gasteiger partial charge in [-0.1, -0.05) is 36.8 Å². The van der Waals surface area contributed by atoms with E-state index in [2.05, 4.69) is 53.4 Å². The molecule has 0 amide bonds. The largest absolute Gasteiger partial charge is 0.305 e. The van der Waals surface area contributed by atoms with Crippen LogP contribution in [0, 0.1) is 13.8 Å². The summed E-state index contributed by atoms with van der Waals surface area (Å²) in [6, 6.07) is 8.71. The van der Waals surface area contributed by atoms with Crippen LogP contribution >= 0.6 is 0 Å². The average Bonchev–Trinajstić information content (AvgIpc) is 2.43. The van der Waals surface area contributed by atoms with Crippen LogP contribution in [0.15, 0.2) is 36.7 Å². The fourth-order valence-corrected chi connectivity index (χ4v) is 1.99. The summed E-state index contributed by atoms with van der Waals surface area (Å²) in [6.07, 6.45) is 4.79. The SMILES string of the molecule is CCCNC(c1ccc(C)cc1)c1cnc(C)cn1. The number of hydrogen-bond acceptors (Lipinski definition) is 3. The molecule has 1 aromatic carbocycles. The fraction of sp³-hybridized carbons (Fsp3) is 0.375. The molecule has 19 heavy (non-hydrogen) atoms. The predicted octanol–water partition coefficient (Wildman–Crippen LogP) is 3.18. The second kappa shape index (κ2) is 6.43. The Balaban J connectivity index is 2.29. The first kappa shape index (κ1) is 13.7. The molecule has 0 bridgehead atoms. The minimum Gasteiger partial charge on any atom is -0.305 e. The van der Waals surface area contributed by atoms with E-state index in [0.717, 1.165) is 24.4 Å². The zero-order chi connectivity index (χ0) is 13.7. The van der Waals surface area contributed by atoms with Crippen LogP contribution in [0.2, 0.25) is 0 Å². The van der Waals surface area contributed by atoms with Gasteiger partial charge in [0.1, 0.15) is 0 Å². The lowest BCUT2D eigenvalue weighted by Crippen LogP contribution is -2.24. The summed E-state index contributed by atoms with van der Waals surface area (Å²) in [5, 5.41) is 3.54. The Labute approximate surface area is 115 Å². The number of hydrogen-bond donors (Lipinski definition) is 1. The predicted molar refractivity (Wildman–Crippen MR) is 78.1 cm³/mol. The van der Waals surface area contributed by atoms with Crippen molar-refractivity contribution in [2.75, 3.05) is 6.54 Å². The lowest BCUT2D eigenvalue weighted by molar-refractivity contribution is 0.584. The van der Waals surface area contributed by atoms with Gasteiger partial charge in [0, 0.05) is 6.20 Å². The summed E-state index contributed by atoms with van der Waals surface area (Å²) in [5.74, 6) is 0. The lowest BCUT2D eigenvalue weighted by Gasteiger charge is -2.18. The monoisotopic (exact) mass is 255 g/mol. The molecule has 2 aromatic rings. The van der Waals surface area contributed by atoms with Gasteiger partial charge in [-0.3, -0.25) is 9.97 Å². The second-order valence-corrected chi connectivity index (χ2v) is 4.88. The van der Waals surface area contributed by atoms with E-state index < -0.39 is 0 Å². The van der Waals surface area contributed by atoms with Crippen LogP contribution in [0.5, 0.6) is 0 Å². The first-order valence-electron chi connectivity index (χ1n) is 6.79. The van der Waals surface area contributed by atoms with Crippen molar-refractivity contribution in [2.45, 2.75) is 33.2 Å². The smallest absolute Gasteiger partial charge is 0.0801 e. The van der Waals surface area contributed by atoms with Gasteiger partial charge in [0.15, 0.2) is 0 Å². The Morgan fingerprint density at radius 3 is 2.37 bits per heavy atom. The molecule has 0 radical (unpaired) electrons. The summed E-state index contributed by atoms with van der Waals surface area (Å²) >= 11 is 0. The molecule has 1 aromatic heterocycles. The maximum absolute atomic E-state index is 4.51. The van der Waals surface area contributed by atoms with Crippen molar-refractivity contribution in [2.24, 2.45) is 0 Å². The van der Waals surface area contributed by atoms with Crippen LogP contribution in [0.25, 0.3) is 0 Å². The topological polar surface area (TPSA) is 37.8 Å². The molecule has 3 nitrogen and oxygen atoms in total. The standard InChI is InChI=1S/C16H21N3/c1-4-9-17-16(14-7-5-12(2)6-8-14)15-11-18-13(3)10-19-15/h5-8,10-11,16-17H,4,9H2,1-3H3. The van der Waals surface area contributed by atoms with Gasteiger partial charge >= 0.3 is 0 Å². The van der Waals surface area contributed by atoms with Crippen LogP contribution in [0.3, 0.4) is 0 Å². The van der Waals surface area contributed by atoms with Gasteiger partial charge in [-0.25, -0.2) is 0 Å².